The van der Waals surface area contributed by atoms with Gasteiger partial charge in [0.1, 0.15) is 11.5 Å². The van der Waals surface area contributed by atoms with Crippen molar-refractivity contribution in [3.8, 4) is 11.5 Å². The molecule has 0 fully saturated rings. The normalized spacial score (nSPS) is 10.7. The van der Waals surface area contributed by atoms with Crippen LogP contribution in [-0.4, -0.2) is 14.2 Å². The molecule has 3 rings (SSSR count). The molecule has 3 aromatic rings. The minimum atomic E-state index is -0.852. The van der Waals surface area contributed by atoms with Crippen LogP contribution in [-0.2, 0) is 0 Å². The van der Waals surface area contributed by atoms with Gasteiger partial charge in [0.25, 0.3) is 0 Å². The molecule has 0 saturated heterocycles. The van der Waals surface area contributed by atoms with Crippen LogP contribution in [0.1, 0.15) is 0 Å². The fourth-order valence-corrected chi connectivity index (χ4v) is 5.56. The number of rotatable bonds is 5. The van der Waals surface area contributed by atoms with Crippen LogP contribution >= 0.6 is 19.5 Å². The average Bonchev–Trinajstić information content (AvgIpc) is 2.65. The third-order valence-corrected chi connectivity index (χ3v) is 6.76. The highest BCUT2D eigenvalue weighted by Crippen LogP contribution is 2.42. The van der Waals surface area contributed by atoms with Gasteiger partial charge >= 0.3 is 0 Å². The van der Waals surface area contributed by atoms with Crippen LogP contribution in [0.5, 0.6) is 11.5 Å². The lowest BCUT2D eigenvalue weighted by molar-refractivity contribution is 0.406. The van der Waals surface area contributed by atoms with Crippen LogP contribution in [0, 0.1) is 0 Å². The van der Waals surface area contributed by atoms with Gasteiger partial charge in [-0.3, -0.25) is 0 Å². The lowest BCUT2D eigenvalue weighted by Gasteiger charge is -2.23. The van der Waals surface area contributed by atoms with Crippen molar-refractivity contribution < 1.29 is 9.47 Å². The first-order valence-corrected chi connectivity index (χ1v) is 9.29. The van der Waals surface area contributed by atoms with Crippen molar-refractivity contribution in [3.63, 3.8) is 0 Å². The van der Waals surface area contributed by atoms with Crippen molar-refractivity contribution >= 4 is 35.4 Å². The molecule has 0 aliphatic carbocycles. The fourth-order valence-electron chi connectivity index (χ4n) is 2.62. The van der Waals surface area contributed by atoms with E-state index in [0.29, 0.717) is 10.8 Å². The maximum absolute atomic E-state index is 6.70. The Morgan fingerprint density at radius 1 is 0.667 bits per heavy atom. The number of hydrogen-bond acceptors (Lipinski definition) is 2. The maximum atomic E-state index is 6.70. The van der Waals surface area contributed by atoms with Crippen molar-refractivity contribution in [2.45, 2.75) is 0 Å². The molecule has 4 heteroatoms. The number of methoxy groups -OCH3 is 2. The topological polar surface area (TPSA) is 18.5 Å². The van der Waals surface area contributed by atoms with Gasteiger partial charge in [0, 0.05) is 5.30 Å². The fraction of sp³-hybridized carbons (Fsp3) is 0.100. The molecule has 0 amide bonds. The summed E-state index contributed by atoms with van der Waals surface area (Å²) in [6.07, 6.45) is 0. The summed E-state index contributed by atoms with van der Waals surface area (Å²) >= 11 is 6.70. The predicted molar refractivity (Wildman–Crippen MR) is 103 cm³/mol. The standard InChI is InChI=1S/C20H18ClO2P/c1-22-17-13-14-18(23-2)20(19(17)21)24(15-9-5-3-6-10-15)16-11-7-4-8-12-16/h3-14H,1-2H3. The first-order chi connectivity index (χ1) is 11.8. The molecule has 0 bridgehead atoms. The van der Waals surface area contributed by atoms with E-state index in [1.54, 1.807) is 14.2 Å². The summed E-state index contributed by atoms with van der Waals surface area (Å²) in [4.78, 5) is 0. The molecule has 0 spiro atoms. The quantitative estimate of drug-likeness (QED) is 0.640. The molecule has 0 aliphatic rings. The van der Waals surface area contributed by atoms with Crippen molar-refractivity contribution in [3.05, 3.63) is 77.8 Å². The SMILES string of the molecule is COc1ccc(OC)c(P(c2ccccc2)c2ccccc2)c1Cl. The monoisotopic (exact) mass is 356 g/mol. The molecular formula is C20H18ClO2P. The summed E-state index contributed by atoms with van der Waals surface area (Å²) in [5.74, 6) is 1.44. The highest BCUT2D eigenvalue weighted by Gasteiger charge is 2.25. The smallest absolute Gasteiger partial charge is 0.138 e. The van der Waals surface area contributed by atoms with E-state index in [9.17, 15) is 0 Å². The molecule has 0 heterocycles. The van der Waals surface area contributed by atoms with Crippen molar-refractivity contribution in [2.75, 3.05) is 14.2 Å². The van der Waals surface area contributed by atoms with Gasteiger partial charge < -0.3 is 9.47 Å². The maximum Gasteiger partial charge on any atom is 0.138 e. The Morgan fingerprint density at radius 2 is 1.12 bits per heavy atom. The summed E-state index contributed by atoms with van der Waals surface area (Å²) < 4.78 is 11.1. The first-order valence-electron chi connectivity index (χ1n) is 7.57. The van der Waals surface area contributed by atoms with Crippen molar-refractivity contribution in [2.24, 2.45) is 0 Å². The van der Waals surface area contributed by atoms with E-state index < -0.39 is 7.92 Å². The third-order valence-electron chi connectivity index (χ3n) is 3.74. The summed E-state index contributed by atoms with van der Waals surface area (Å²) in [5.41, 5.74) is 0. The zero-order valence-electron chi connectivity index (χ0n) is 13.6. The largest absolute Gasteiger partial charge is 0.496 e. The molecule has 0 atom stereocenters. The highest BCUT2D eigenvalue weighted by molar-refractivity contribution is 7.80. The minimum Gasteiger partial charge on any atom is -0.496 e. The number of ether oxygens (including phenoxy) is 2. The molecular weight excluding hydrogens is 339 g/mol. The molecule has 3 aromatic carbocycles. The van der Waals surface area contributed by atoms with Gasteiger partial charge in [-0.05, 0) is 30.7 Å². The van der Waals surface area contributed by atoms with Gasteiger partial charge in [0.15, 0.2) is 0 Å². The molecule has 0 aromatic heterocycles. The Morgan fingerprint density at radius 3 is 1.58 bits per heavy atom. The molecule has 24 heavy (non-hydrogen) atoms. The van der Waals surface area contributed by atoms with E-state index in [-0.39, 0.29) is 0 Å². The van der Waals surface area contributed by atoms with Crippen LogP contribution in [0.3, 0.4) is 0 Å². The second kappa shape index (κ2) is 7.70. The first kappa shape index (κ1) is 16.8. The van der Waals surface area contributed by atoms with Crippen LogP contribution in [0.2, 0.25) is 5.02 Å². The summed E-state index contributed by atoms with van der Waals surface area (Å²) in [5, 5.41) is 4.01. The Balaban J connectivity index is 2.28. The van der Waals surface area contributed by atoms with Crippen LogP contribution in [0.15, 0.2) is 72.8 Å². The van der Waals surface area contributed by atoms with Gasteiger partial charge in [0.2, 0.25) is 0 Å². The van der Waals surface area contributed by atoms with E-state index in [1.165, 1.54) is 10.6 Å². The molecule has 0 N–H and O–H groups in total. The lowest BCUT2D eigenvalue weighted by atomic mass is 10.3. The third kappa shape index (κ3) is 3.26. The Bertz CT molecular complexity index is 767. The number of benzene rings is 3. The highest BCUT2D eigenvalue weighted by atomic mass is 35.5. The number of hydrogen-bond donors (Lipinski definition) is 0. The van der Waals surface area contributed by atoms with Crippen molar-refractivity contribution in [1.82, 2.24) is 0 Å². The average molecular weight is 357 g/mol. The van der Waals surface area contributed by atoms with Crippen LogP contribution < -0.4 is 25.4 Å². The molecule has 0 saturated carbocycles. The van der Waals surface area contributed by atoms with E-state index in [2.05, 4.69) is 24.3 Å². The van der Waals surface area contributed by atoms with E-state index in [0.717, 1.165) is 11.1 Å². The van der Waals surface area contributed by atoms with Gasteiger partial charge in [-0.25, -0.2) is 0 Å². The van der Waals surface area contributed by atoms with E-state index >= 15 is 0 Å². The van der Waals surface area contributed by atoms with Gasteiger partial charge in [-0.15, -0.1) is 0 Å². The van der Waals surface area contributed by atoms with E-state index in [1.807, 2.05) is 48.5 Å². The second-order valence-corrected chi connectivity index (χ2v) is 7.67. The van der Waals surface area contributed by atoms with Gasteiger partial charge in [0.05, 0.1) is 19.2 Å². The predicted octanol–water partition coefficient (Wildman–Crippen LogP) is 4.12. The number of halogens is 1. The Hall–Kier alpha value is -2.02. The van der Waals surface area contributed by atoms with E-state index in [4.69, 9.17) is 21.1 Å². The van der Waals surface area contributed by atoms with Gasteiger partial charge in [-0.1, -0.05) is 72.3 Å². The zero-order chi connectivity index (χ0) is 16.9. The summed E-state index contributed by atoms with van der Waals surface area (Å²) in [7, 11) is 2.45. The van der Waals surface area contributed by atoms with Crippen molar-refractivity contribution in [1.29, 1.82) is 0 Å². The van der Waals surface area contributed by atoms with Gasteiger partial charge in [-0.2, -0.15) is 0 Å². The lowest BCUT2D eigenvalue weighted by Crippen LogP contribution is -2.23. The Labute approximate surface area is 148 Å². The zero-order valence-corrected chi connectivity index (χ0v) is 15.2. The molecule has 2 nitrogen and oxygen atoms in total. The molecule has 0 unspecified atom stereocenters. The van der Waals surface area contributed by atoms with Crippen LogP contribution in [0.25, 0.3) is 0 Å². The second-order valence-electron chi connectivity index (χ2n) is 5.14. The molecule has 0 radical (unpaired) electrons. The van der Waals surface area contributed by atoms with Crippen LogP contribution in [0.4, 0.5) is 0 Å². The minimum absolute atomic E-state index is 0.607. The summed E-state index contributed by atoms with van der Waals surface area (Å²) in [6, 6.07) is 24.5. The summed E-state index contributed by atoms with van der Waals surface area (Å²) in [6.45, 7) is 0. The molecule has 122 valence electrons. The molecule has 0 aliphatic heterocycles. The Kier molecular flexibility index (Phi) is 5.40.